The molecule has 0 aliphatic rings. The van der Waals surface area contributed by atoms with Gasteiger partial charge >= 0.3 is 0 Å². The van der Waals surface area contributed by atoms with Gasteiger partial charge in [-0.05, 0) is 30.5 Å². The maximum absolute atomic E-state index is 11.7. The molecule has 0 saturated heterocycles. The third kappa shape index (κ3) is 3.89. The van der Waals surface area contributed by atoms with Crippen LogP contribution in [0, 0.1) is 0 Å². The lowest BCUT2D eigenvalue weighted by Crippen LogP contribution is -2.21. The third-order valence-corrected chi connectivity index (χ3v) is 3.14. The molecule has 1 aromatic heterocycles. The molecule has 5 heteroatoms. The topological polar surface area (TPSA) is 85.1 Å². The van der Waals surface area contributed by atoms with E-state index in [1.54, 1.807) is 6.07 Å². The summed E-state index contributed by atoms with van der Waals surface area (Å²) in [6, 6.07) is 13.0. The van der Waals surface area contributed by atoms with Gasteiger partial charge in [0.2, 0.25) is 5.91 Å². The van der Waals surface area contributed by atoms with E-state index in [1.165, 1.54) is 18.7 Å². The fourth-order valence-corrected chi connectivity index (χ4v) is 2.02. The van der Waals surface area contributed by atoms with Crippen molar-refractivity contribution in [1.29, 1.82) is 0 Å². The van der Waals surface area contributed by atoms with Crippen molar-refractivity contribution in [2.75, 3.05) is 7.05 Å². The van der Waals surface area contributed by atoms with Gasteiger partial charge in [0, 0.05) is 18.3 Å². The summed E-state index contributed by atoms with van der Waals surface area (Å²) in [4.78, 5) is 27.3. The van der Waals surface area contributed by atoms with Crippen LogP contribution in [0.2, 0.25) is 0 Å². The number of aryl methyl sites for hydroxylation is 2. The highest BCUT2D eigenvalue weighted by Gasteiger charge is 2.12. The number of primary amides is 1. The Hall–Kier alpha value is -2.69. The van der Waals surface area contributed by atoms with E-state index in [1.807, 2.05) is 30.3 Å². The Kier molecular flexibility index (Phi) is 4.66. The van der Waals surface area contributed by atoms with Gasteiger partial charge in [-0.3, -0.25) is 9.59 Å². The molecule has 1 heterocycles. The number of amides is 2. The largest absolute Gasteiger partial charge is 0.366 e. The first-order valence-electron chi connectivity index (χ1n) is 6.67. The summed E-state index contributed by atoms with van der Waals surface area (Å²) in [7, 11) is 1.52. The highest BCUT2D eigenvalue weighted by atomic mass is 16.2. The SMILES string of the molecule is CNC(=O)c1cc(C(N)=O)cc(CCc2ccccc2)n1. The van der Waals surface area contributed by atoms with Gasteiger partial charge in [0.1, 0.15) is 5.69 Å². The van der Waals surface area contributed by atoms with Gasteiger partial charge in [0.15, 0.2) is 0 Å². The second-order valence-corrected chi connectivity index (χ2v) is 4.66. The van der Waals surface area contributed by atoms with Crippen LogP contribution in [0.1, 0.15) is 32.1 Å². The molecule has 21 heavy (non-hydrogen) atoms. The van der Waals surface area contributed by atoms with Crippen LogP contribution in [0.5, 0.6) is 0 Å². The average Bonchev–Trinajstić information content (AvgIpc) is 2.52. The fourth-order valence-electron chi connectivity index (χ4n) is 2.02. The van der Waals surface area contributed by atoms with Gasteiger partial charge in [0.25, 0.3) is 5.91 Å². The Morgan fingerprint density at radius 3 is 2.48 bits per heavy atom. The highest BCUT2D eigenvalue weighted by molar-refractivity contribution is 5.97. The Labute approximate surface area is 123 Å². The predicted octanol–water partition coefficient (Wildman–Crippen LogP) is 1.33. The number of rotatable bonds is 5. The molecule has 0 spiro atoms. The number of nitrogens with zero attached hydrogens (tertiary/aromatic N) is 1. The number of aromatic nitrogens is 1. The molecule has 2 amide bonds. The summed E-state index contributed by atoms with van der Waals surface area (Å²) in [5.74, 6) is -0.900. The lowest BCUT2D eigenvalue weighted by molar-refractivity contribution is 0.0958. The van der Waals surface area contributed by atoms with Gasteiger partial charge < -0.3 is 11.1 Å². The molecule has 0 bridgehead atoms. The zero-order chi connectivity index (χ0) is 15.2. The number of nitrogens with two attached hydrogens (primary N) is 1. The minimum atomic E-state index is -0.566. The molecular formula is C16H17N3O2. The molecule has 5 nitrogen and oxygen atoms in total. The van der Waals surface area contributed by atoms with Crippen molar-refractivity contribution in [2.24, 2.45) is 5.73 Å². The second kappa shape index (κ2) is 6.65. The standard InChI is InChI=1S/C16H17N3O2/c1-18-16(21)14-10-12(15(17)20)9-13(19-14)8-7-11-5-3-2-4-6-11/h2-6,9-10H,7-8H2,1H3,(H2,17,20)(H,18,21). The molecule has 0 unspecified atom stereocenters. The quantitative estimate of drug-likeness (QED) is 0.868. The first-order valence-corrected chi connectivity index (χ1v) is 6.67. The number of carbonyl (C=O) groups is 2. The molecule has 2 rings (SSSR count). The molecule has 2 aromatic rings. The number of hydrogen-bond acceptors (Lipinski definition) is 3. The maximum Gasteiger partial charge on any atom is 0.269 e. The van der Waals surface area contributed by atoms with E-state index in [2.05, 4.69) is 10.3 Å². The molecule has 0 fully saturated rings. The molecule has 108 valence electrons. The maximum atomic E-state index is 11.7. The van der Waals surface area contributed by atoms with Crippen LogP contribution in [0.25, 0.3) is 0 Å². The summed E-state index contributed by atoms with van der Waals surface area (Å²) in [5.41, 5.74) is 7.65. The molecule has 0 atom stereocenters. The molecule has 1 aromatic carbocycles. The minimum absolute atomic E-state index is 0.205. The van der Waals surface area contributed by atoms with Crippen LogP contribution in [0.15, 0.2) is 42.5 Å². The lowest BCUT2D eigenvalue weighted by atomic mass is 10.1. The summed E-state index contributed by atoms with van der Waals surface area (Å²) in [5, 5.41) is 2.49. The van der Waals surface area contributed by atoms with Gasteiger partial charge in [-0.1, -0.05) is 30.3 Å². The average molecular weight is 283 g/mol. The van der Waals surface area contributed by atoms with Crippen LogP contribution in [0.4, 0.5) is 0 Å². The first kappa shape index (κ1) is 14.7. The fraction of sp³-hybridized carbons (Fsp3) is 0.188. The van der Waals surface area contributed by atoms with Crippen LogP contribution < -0.4 is 11.1 Å². The third-order valence-electron chi connectivity index (χ3n) is 3.14. The van der Waals surface area contributed by atoms with E-state index in [9.17, 15) is 9.59 Å². The Bertz CT molecular complexity index is 654. The zero-order valence-corrected chi connectivity index (χ0v) is 11.8. The molecule has 0 aliphatic heterocycles. The Morgan fingerprint density at radius 1 is 1.14 bits per heavy atom. The van der Waals surface area contributed by atoms with Crippen LogP contribution in [-0.2, 0) is 12.8 Å². The van der Waals surface area contributed by atoms with Crippen LogP contribution in [-0.4, -0.2) is 23.8 Å². The normalized spacial score (nSPS) is 10.1. The summed E-state index contributed by atoms with van der Waals surface area (Å²) < 4.78 is 0. The van der Waals surface area contributed by atoms with Crippen molar-refractivity contribution in [2.45, 2.75) is 12.8 Å². The number of hydrogen-bond donors (Lipinski definition) is 2. The van der Waals surface area contributed by atoms with Crippen molar-refractivity contribution in [3.8, 4) is 0 Å². The number of carbonyl (C=O) groups excluding carboxylic acids is 2. The van der Waals surface area contributed by atoms with Gasteiger partial charge in [-0.25, -0.2) is 4.98 Å². The van der Waals surface area contributed by atoms with E-state index < -0.39 is 5.91 Å². The number of pyridine rings is 1. The Morgan fingerprint density at radius 2 is 1.86 bits per heavy atom. The Balaban J connectivity index is 2.23. The van der Waals surface area contributed by atoms with Crippen LogP contribution in [0.3, 0.4) is 0 Å². The van der Waals surface area contributed by atoms with Crippen molar-refractivity contribution < 1.29 is 9.59 Å². The molecule has 0 radical (unpaired) electrons. The second-order valence-electron chi connectivity index (χ2n) is 4.66. The van der Waals surface area contributed by atoms with Crippen molar-refractivity contribution in [3.05, 3.63) is 65.0 Å². The first-order chi connectivity index (χ1) is 10.1. The minimum Gasteiger partial charge on any atom is -0.366 e. The molecule has 0 aliphatic carbocycles. The van der Waals surface area contributed by atoms with Crippen molar-refractivity contribution in [1.82, 2.24) is 10.3 Å². The molecule has 0 saturated carbocycles. The zero-order valence-electron chi connectivity index (χ0n) is 11.8. The molecular weight excluding hydrogens is 266 g/mol. The summed E-state index contributed by atoms with van der Waals surface area (Å²) in [6.45, 7) is 0. The van der Waals surface area contributed by atoms with Crippen LogP contribution >= 0.6 is 0 Å². The number of benzene rings is 1. The van der Waals surface area contributed by atoms with E-state index in [0.717, 1.165) is 6.42 Å². The van der Waals surface area contributed by atoms with Gasteiger partial charge in [-0.2, -0.15) is 0 Å². The van der Waals surface area contributed by atoms with Crippen molar-refractivity contribution >= 4 is 11.8 Å². The monoisotopic (exact) mass is 283 g/mol. The van der Waals surface area contributed by atoms with Gasteiger partial charge in [-0.15, -0.1) is 0 Å². The summed E-state index contributed by atoms with van der Waals surface area (Å²) in [6.07, 6.45) is 1.42. The van der Waals surface area contributed by atoms with Gasteiger partial charge in [0.05, 0.1) is 0 Å². The van der Waals surface area contributed by atoms with Crippen molar-refractivity contribution in [3.63, 3.8) is 0 Å². The molecule has 3 N–H and O–H groups in total. The lowest BCUT2D eigenvalue weighted by Gasteiger charge is -2.07. The highest BCUT2D eigenvalue weighted by Crippen LogP contribution is 2.10. The number of nitrogens with one attached hydrogen (secondary N) is 1. The van der Waals surface area contributed by atoms with E-state index in [0.29, 0.717) is 17.7 Å². The van der Waals surface area contributed by atoms with E-state index in [4.69, 9.17) is 5.73 Å². The predicted molar refractivity (Wildman–Crippen MR) is 80.0 cm³/mol. The van der Waals surface area contributed by atoms with E-state index in [-0.39, 0.29) is 11.6 Å². The smallest absolute Gasteiger partial charge is 0.269 e. The summed E-state index contributed by atoms with van der Waals surface area (Å²) >= 11 is 0. The van der Waals surface area contributed by atoms with E-state index >= 15 is 0 Å².